The number of rotatable bonds is 7. The molecule has 0 aromatic heterocycles. The van der Waals surface area contributed by atoms with Crippen LogP contribution in [0.2, 0.25) is 10.0 Å². The predicted molar refractivity (Wildman–Crippen MR) is 90.6 cm³/mol. The number of hydrogen-bond acceptors (Lipinski definition) is 3. The van der Waals surface area contributed by atoms with Gasteiger partial charge < -0.3 is 15.2 Å². The summed E-state index contributed by atoms with van der Waals surface area (Å²) in [5.41, 5.74) is 1.99. The molecule has 0 aliphatic carbocycles. The highest BCUT2D eigenvalue weighted by Crippen LogP contribution is 2.23. The van der Waals surface area contributed by atoms with Gasteiger partial charge in [0.15, 0.2) is 0 Å². The highest BCUT2D eigenvalue weighted by molar-refractivity contribution is 6.35. The molecule has 0 aliphatic heterocycles. The summed E-state index contributed by atoms with van der Waals surface area (Å²) in [5.74, 6) is 0.780. The van der Waals surface area contributed by atoms with E-state index in [1.807, 2.05) is 30.3 Å². The van der Waals surface area contributed by atoms with Gasteiger partial charge in [-0.15, -0.1) is 0 Å². The van der Waals surface area contributed by atoms with Crippen LogP contribution in [0, 0.1) is 0 Å². The molecule has 2 aromatic rings. The van der Waals surface area contributed by atoms with E-state index in [4.69, 9.17) is 27.9 Å². The molecule has 2 aromatic carbocycles. The number of aliphatic hydroxyl groups excluding tert-OH is 1. The van der Waals surface area contributed by atoms with Crippen LogP contribution < -0.4 is 10.1 Å². The molecule has 2 N–H and O–H groups in total. The molecule has 0 heterocycles. The minimum atomic E-state index is -0.355. The number of hydrogen-bond donors (Lipinski definition) is 2. The molecule has 0 saturated heterocycles. The maximum atomic E-state index is 9.23. The lowest BCUT2D eigenvalue weighted by Gasteiger charge is -2.11. The Morgan fingerprint density at radius 3 is 2.73 bits per heavy atom. The molecular formula is C17H19Cl2NO2. The third kappa shape index (κ3) is 5.50. The fraction of sp³-hybridized carbons (Fsp3) is 0.294. The highest BCUT2D eigenvalue weighted by Gasteiger charge is 2.03. The Bertz CT molecular complexity index is 617. The monoisotopic (exact) mass is 339 g/mol. The second kappa shape index (κ2) is 8.39. The number of ether oxygens (including phenoxy) is 1. The molecule has 3 nitrogen and oxygen atoms in total. The van der Waals surface area contributed by atoms with E-state index in [2.05, 4.69) is 5.32 Å². The van der Waals surface area contributed by atoms with Crippen LogP contribution in [0.15, 0.2) is 42.5 Å². The number of benzene rings is 2. The van der Waals surface area contributed by atoms with Crippen molar-refractivity contribution < 1.29 is 9.84 Å². The van der Waals surface area contributed by atoms with Crippen molar-refractivity contribution in [1.29, 1.82) is 0 Å². The molecule has 0 amide bonds. The van der Waals surface area contributed by atoms with Gasteiger partial charge in [0.25, 0.3) is 0 Å². The van der Waals surface area contributed by atoms with Crippen molar-refractivity contribution in [2.75, 3.05) is 6.54 Å². The Labute approximate surface area is 140 Å². The van der Waals surface area contributed by atoms with Gasteiger partial charge in [-0.05, 0) is 36.8 Å². The Morgan fingerprint density at radius 1 is 1.18 bits per heavy atom. The maximum absolute atomic E-state index is 9.23. The summed E-state index contributed by atoms with van der Waals surface area (Å²) in [5, 5.41) is 13.6. The normalized spacial score (nSPS) is 12.2. The fourth-order valence-corrected chi connectivity index (χ4v) is 2.43. The average Bonchev–Trinajstić information content (AvgIpc) is 2.46. The van der Waals surface area contributed by atoms with Crippen molar-refractivity contribution in [2.24, 2.45) is 0 Å². The van der Waals surface area contributed by atoms with E-state index in [0.29, 0.717) is 29.7 Å². The number of nitrogens with one attached hydrogen (secondary N) is 1. The molecule has 0 fully saturated rings. The Morgan fingerprint density at radius 2 is 2.00 bits per heavy atom. The third-order valence-corrected chi connectivity index (χ3v) is 3.66. The SMILES string of the molecule is C[C@H](O)CNCc1cccc(OCc2ccc(Cl)cc2Cl)c1. The Balaban J connectivity index is 1.92. The molecule has 0 aliphatic rings. The summed E-state index contributed by atoms with van der Waals surface area (Å²) in [6, 6.07) is 13.2. The molecule has 0 bridgehead atoms. The van der Waals surface area contributed by atoms with Gasteiger partial charge in [-0.1, -0.05) is 41.4 Å². The van der Waals surface area contributed by atoms with Crippen molar-refractivity contribution in [2.45, 2.75) is 26.2 Å². The largest absolute Gasteiger partial charge is 0.489 e. The molecule has 22 heavy (non-hydrogen) atoms. The quantitative estimate of drug-likeness (QED) is 0.799. The van der Waals surface area contributed by atoms with Gasteiger partial charge >= 0.3 is 0 Å². The first-order valence-electron chi connectivity index (χ1n) is 7.09. The van der Waals surface area contributed by atoms with E-state index in [1.54, 1.807) is 19.1 Å². The molecule has 0 unspecified atom stereocenters. The Kier molecular flexibility index (Phi) is 6.52. The summed E-state index contributed by atoms with van der Waals surface area (Å²) in [6.45, 7) is 3.39. The van der Waals surface area contributed by atoms with Crippen LogP contribution >= 0.6 is 23.2 Å². The van der Waals surface area contributed by atoms with Gasteiger partial charge in [0.1, 0.15) is 12.4 Å². The summed E-state index contributed by atoms with van der Waals surface area (Å²) in [6.07, 6.45) is -0.355. The second-order valence-corrected chi connectivity index (χ2v) is 6.00. The summed E-state index contributed by atoms with van der Waals surface area (Å²) < 4.78 is 5.78. The van der Waals surface area contributed by atoms with Crippen LogP contribution in [0.5, 0.6) is 5.75 Å². The molecule has 118 valence electrons. The van der Waals surface area contributed by atoms with Crippen molar-refractivity contribution in [3.8, 4) is 5.75 Å². The van der Waals surface area contributed by atoms with Crippen molar-refractivity contribution in [3.63, 3.8) is 0 Å². The van der Waals surface area contributed by atoms with Gasteiger partial charge in [0.05, 0.1) is 6.10 Å². The summed E-state index contributed by atoms with van der Waals surface area (Å²) in [4.78, 5) is 0. The molecule has 5 heteroatoms. The lowest BCUT2D eigenvalue weighted by atomic mass is 10.2. The van der Waals surface area contributed by atoms with E-state index in [1.165, 1.54) is 0 Å². The maximum Gasteiger partial charge on any atom is 0.120 e. The van der Waals surface area contributed by atoms with E-state index in [0.717, 1.165) is 16.9 Å². The number of aliphatic hydroxyl groups is 1. The van der Waals surface area contributed by atoms with Crippen molar-refractivity contribution in [1.82, 2.24) is 5.32 Å². The first-order chi connectivity index (χ1) is 10.5. The van der Waals surface area contributed by atoms with E-state index >= 15 is 0 Å². The van der Waals surface area contributed by atoms with Gasteiger partial charge in [0.2, 0.25) is 0 Å². The van der Waals surface area contributed by atoms with Gasteiger partial charge in [0, 0.05) is 28.7 Å². The standard InChI is InChI=1S/C17H19Cl2NO2/c1-12(21)9-20-10-13-3-2-4-16(7-13)22-11-14-5-6-15(18)8-17(14)19/h2-8,12,20-21H,9-11H2,1H3/t12-/m0/s1. The average molecular weight is 340 g/mol. The lowest BCUT2D eigenvalue weighted by Crippen LogP contribution is -2.23. The smallest absolute Gasteiger partial charge is 0.120 e. The minimum absolute atomic E-state index is 0.355. The minimum Gasteiger partial charge on any atom is -0.489 e. The van der Waals surface area contributed by atoms with Crippen LogP contribution in [0.3, 0.4) is 0 Å². The lowest BCUT2D eigenvalue weighted by molar-refractivity contribution is 0.191. The van der Waals surface area contributed by atoms with E-state index in [9.17, 15) is 5.11 Å². The van der Waals surface area contributed by atoms with Crippen LogP contribution in [-0.2, 0) is 13.2 Å². The zero-order valence-electron chi connectivity index (χ0n) is 12.4. The van der Waals surface area contributed by atoms with Crippen LogP contribution in [0.25, 0.3) is 0 Å². The first-order valence-corrected chi connectivity index (χ1v) is 7.84. The van der Waals surface area contributed by atoms with Crippen LogP contribution in [-0.4, -0.2) is 17.8 Å². The second-order valence-electron chi connectivity index (χ2n) is 5.15. The predicted octanol–water partition coefficient (Wildman–Crippen LogP) is 4.04. The van der Waals surface area contributed by atoms with Gasteiger partial charge in [-0.25, -0.2) is 0 Å². The van der Waals surface area contributed by atoms with E-state index < -0.39 is 0 Å². The van der Waals surface area contributed by atoms with Crippen molar-refractivity contribution >= 4 is 23.2 Å². The zero-order valence-corrected chi connectivity index (χ0v) is 13.9. The van der Waals surface area contributed by atoms with Gasteiger partial charge in [-0.2, -0.15) is 0 Å². The molecular weight excluding hydrogens is 321 g/mol. The van der Waals surface area contributed by atoms with Gasteiger partial charge in [-0.3, -0.25) is 0 Å². The van der Waals surface area contributed by atoms with E-state index in [-0.39, 0.29) is 6.10 Å². The Hall–Kier alpha value is -1.26. The topological polar surface area (TPSA) is 41.5 Å². The highest BCUT2D eigenvalue weighted by atomic mass is 35.5. The summed E-state index contributed by atoms with van der Waals surface area (Å²) >= 11 is 12.0. The molecule has 0 saturated carbocycles. The summed E-state index contributed by atoms with van der Waals surface area (Å²) in [7, 11) is 0. The van der Waals surface area contributed by atoms with Crippen molar-refractivity contribution in [3.05, 3.63) is 63.6 Å². The molecule has 0 spiro atoms. The van der Waals surface area contributed by atoms with Crippen LogP contribution in [0.4, 0.5) is 0 Å². The third-order valence-electron chi connectivity index (χ3n) is 3.08. The first kappa shape index (κ1) is 17.1. The zero-order chi connectivity index (χ0) is 15.9. The van der Waals surface area contributed by atoms with Crippen LogP contribution in [0.1, 0.15) is 18.1 Å². The fourth-order valence-electron chi connectivity index (χ4n) is 1.97. The number of halogens is 2. The molecule has 2 rings (SSSR count). The molecule has 1 atom stereocenters. The molecule has 0 radical (unpaired) electrons.